The maximum absolute atomic E-state index is 13.6. The molecule has 3 heterocycles. The minimum absolute atomic E-state index is 0.0112. The van der Waals surface area contributed by atoms with Gasteiger partial charge in [-0.05, 0) is 42.7 Å². The molecule has 0 saturated heterocycles. The van der Waals surface area contributed by atoms with E-state index in [0.29, 0.717) is 17.8 Å². The Bertz CT molecular complexity index is 1860. The van der Waals surface area contributed by atoms with E-state index in [0.717, 1.165) is 4.90 Å². The van der Waals surface area contributed by atoms with E-state index in [1.54, 1.807) is 6.92 Å². The van der Waals surface area contributed by atoms with Crippen molar-refractivity contribution in [3.63, 3.8) is 0 Å². The zero-order valence-corrected chi connectivity index (χ0v) is 30.0. The predicted molar refractivity (Wildman–Crippen MR) is 182 cm³/mol. The number of carboxylic acid groups (broad SMARTS) is 3. The van der Waals surface area contributed by atoms with Crippen molar-refractivity contribution >= 4 is 23.7 Å². The molecule has 1 amide bonds. The van der Waals surface area contributed by atoms with E-state index in [4.69, 9.17) is 35.4 Å². The average molecular weight is 801 g/mol. The number of alkyl halides is 6. The largest absolute Gasteiger partial charge is 0.490 e. The topological polar surface area (TPSA) is 231 Å². The van der Waals surface area contributed by atoms with Gasteiger partial charge in [0, 0.05) is 25.3 Å². The number of hydrogen-bond donors (Lipinski definition) is 4. The molecule has 0 spiro atoms. The Balaban J connectivity index is 0.000000665. The van der Waals surface area contributed by atoms with Crippen molar-refractivity contribution in [2.45, 2.75) is 75.8 Å². The first-order valence-electron chi connectivity index (χ1n) is 16.8. The fourth-order valence-electron chi connectivity index (χ4n) is 5.60. The summed E-state index contributed by atoms with van der Waals surface area (Å²) >= 11 is 0. The lowest BCUT2D eigenvalue weighted by Gasteiger charge is -2.47. The highest BCUT2D eigenvalue weighted by Gasteiger charge is 2.50. The van der Waals surface area contributed by atoms with Crippen LogP contribution in [-0.2, 0) is 39.5 Å². The molecule has 1 aliphatic rings. The number of unbranched alkanes of at least 4 members (excludes halogenated alkanes) is 1. The molecular weight excluding hydrogens is 762 g/mol. The first-order chi connectivity index (χ1) is 26.2. The third-order valence-corrected chi connectivity index (χ3v) is 8.34. The van der Waals surface area contributed by atoms with Gasteiger partial charge in [0.1, 0.15) is 11.5 Å². The SMILES string of the molecule is CCC1(N)C(c2ncc(OCCCC#N)c(Cc3cc(C(F)(F)F)cc(C(F)(F)F)c3)n2)Cc2nc(OC)ccc2N1C(=O)O.O=C(O)CCOCCC(=O)O. The third kappa shape index (κ3) is 11.9. The van der Waals surface area contributed by atoms with Gasteiger partial charge in [-0.2, -0.15) is 31.6 Å². The molecule has 4 rings (SSSR count). The van der Waals surface area contributed by atoms with E-state index in [1.165, 1.54) is 25.4 Å². The molecule has 21 heteroatoms. The average Bonchev–Trinajstić information content (AvgIpc) is 3.12. The van der Waals surface area contributed by atoms with Gasteiger partial charge in [0.05, 0.1) is 86.2 Å². The number of methoxy groups -OCH3 is 1. The molecule has 0 aliphatic carbocycles. The molecule has 3 aromatic rings. The van der Waals surface area contributed by atoms with Gasteiger partial charge in [-0.3, -0.25) is 14.5 Å². The first-order valence-corrected chi connectivity index (χ1v) is 16.8. The van der Waals surface area contributed by atoms with E-state index < -0.39 is 59.5 Å². The Kier molecular flexibility index (Phi) is 15.3. The van der Waals surface area contributed by atoms with Gasteiger partial charge in [-0.15, -0.1) is 0 Å². The van der Waals surface area contributed by atoms with Crippen molar-refractivity contribution < 1.29 is 70.3 Å². The van der Waals surface area contributed by atoms with E-state index in [-0.39, 0.29) is 98.8 Å². The number of nitriles is 1. The van der Waals surface area contributed by atoms with Crippen LogP contribution >= 0.6 is 0 Å². The number of aromatic nitrogens is 3. The van der Waals surface area contributed by atoms with Gasteiger partial charge >= 0.3 is 30.4 Å². The second kappa shape index (κ2) is 19.2. The van der Waals surface area contributed by atoms with Gasteiger partial charge in [0.25, 0.3) is 0 Å². The Morgan fingerprint density at radius 3 is 2.09 bits per heavy atom. The highest BCUT2D eigenvalue weighted by atomic mass is 19.4. The number of fused-ring (bicyclic) bond motifs is 1. The quantitative estimate of drug-likeness (QED) is 0.102. The minimum atomic E-state index is -5.06. The predicted octanol–water partition coefficient (Wildman–Crippen LogP) is 6.03. The minimum Gasteiger partial charge on any atom is -0.490 e. The molecule has 0 fully saturated rings. The highest BCUT2D eigenvalue weighted by molar-refractivity contribution is 5.89. The molecule has 56 heavy (non-hydrogen) atoms. The fourth-order valence-corrected chi connectivity index (χ4v) is 5.60. The summed E-state index contributed by atoms with van der Waals surface area (Å²) in [5, 5.41) is 35.3. The lowest BCUT2D eigenvalue weighted by atomic mass is 9.80. The number of aliphatic carboxylic acids is 2. The molecule has 5 N–H and O–H groups in total. The molecule has 0 bridgehead atoms. The standard InChI is InChI=1S/C29H28F6N6O4.C6H10O5/c1-3-27(37)19(14-20-22(41(27)26(42)43)6-7-24(39-20)44-2)25-38-15-23(45-9-5-4-8-36)21(40-25)12-16-10-17(28(30,31)32)13-18(11-16)29(33,34)35;7-5(8)1-3-11-4-2-6(9)10/h6-7,10-11,13,15,19H,3-5,9,12,14,37H2,1-2H3,(H,42,43);1-4H2,(H,7,8)(H,9,10). The fraction of sp³-hybridized carbons (Fsp3) is 0.457. The maximum atomic E-state index is 13.6. The highest BCUT2D eigenvalue weighted by Crippen LogP contribution is 2.44. The molecule has 0 saturated carbocycles. The van der Waals surface area contributed by atoms with Crippen LogP contribution in [0.4, 0.5) is 36.8 Å². The lowest BCUT2D eigenvalue weighted by Crippen LogP contribution is -2.64. The van der Waals surface area contributed by atoms with Crippen LogP contribution in [0.15, 0.2) is 36.5 Å². The summed E-state index contributed by atoms with van der Waals surface area (Å²) in [6.07, 6.45) is -10.5. The summed E-state index contributed by atoms with van der Waals surface area (Å²) in [6.45, 7) is 1.79. The number of pyridine rings is 1. The van der Waals surface area contributed by atoms with Crippen LogP contribution in [-0.4, -0.2) is 80.9 Å². The van der Waals surface area contributed by atoms with E-state index in [9.17, 15) is 45.8 Å². The molecule has 1 aliphatic heterocycles. The van der Waals surface area contributed by atoms with Crippen molar-refractivity contribution in [3.05, 3.63) is 70.4 Å². The number of carbonyl (C=O) groups is 3. The number of nitrogens with two attached hydrogens (primary N) is 1. The van der Waals surface area contributed by atoms with Crippen LogP contribution in [0.25, 0.3) is 0 Å². The number of hydrogen-bond acceptors (Lipinski definition) is 11. The number of anilines is 1. The van der Waals surface area contributed by atoms with Crippen molar-refractivity contribution in [1.82, 2.24) is 15.0 Å². The number of nitrogens with zero attached hydrogens (tertiary/aromatic N) is 5. The van der Waals surface area contributed by atoms with E-state index in [1.807, 2.05) is 6.07 Å². The van der Waals surface area contributed by atoms with Crippen LogP contribution in [0.5, 0.6) is 11.6 Å². The molecule has 2 aromatic heterocycles. The summed E-state index contributed by atoms with van der Waals surface area (Å²) in [6, 6.07) is 6.13. The zero-order chi connectivity index (χ0) is 41.8. The van der Waals surface area contributed by atoms with Crippen molar-refractivity contribution in [3.8, 4) is 17.7 Å². The molecule has 0 radical (unpaired) electrons. The van der Waals surface area contributed by atoms with Crippen molar-refractivity contribution in [2.24, 2.45) is 5.73 Å². The van der Waals surface area contributed by atoms with Gasteiger partial charge in [0.15, 0.2) is 5.75 Å². The Labute approximate surface area is 315 Å². The van der Waals surface area contributed by atoms with Crippen LogP contribution < -0.4 is 20.1 Å². The monoisotopic (exact) mass is 800 g/mol. The Morgan fingerprint density at radius 2 is 1.59 bits per heavy atom. The normalized spacial score (nSPS) is 16.5. The molecule has 304 valence electrons. The van der Waals surface area contributed by atoms with Gasteiger partial charge in [-0.1, -0.05) is 6.92 Å². The number of amides is 1. The van der Waals surface area contributed by atoms with E-state index >= 15 is 0 Å². The van der Waals surface area contributed by atoms with Crippen LogP contribution in [0.2, 0.25) is 0 Å². The summed E-state index contributed by atoms with van der Waals surface area (Å²) in [5.41, 5.74) is 2.23. The third-order valence-electron chi connectivity index (χ3n) is 8.34. The second-order valence-corrected chi connectivity index (χ2v) is 12.2. The first kappa shape index (κ1) is 44.6. The molecule has 1 aromatic carbocycles. The second-order valence-electron chi connectivity index (χ2n) is 12.2. The van der Waals surface area contributed by atoms with Gasteiger partial charge < -0.3 is 35.3 Å². The summed E-state index contributed by atoms with van der Waals surface area (Å²) in [4.78, 5) is 46.5. The van der Waals surface area contributed by atoms with Crippen molar-refractivity contribution in [2.75, 3.05) is 31.8 Å². The molecule has 2 atom stereocenters. The smallest absolute Gasteiger partial charge is 0.416 e. The number of ether oxygens (including phenoxy) is 3. The van der Waals surface area contributed by atoms with Crippen LogP contribution in [0, 0.1) is 11.3 Å². The maximum Gasteiger partial charge on any atom is 0.416 e. The number of benzene rings is 1. The zero-order valence-electron chi connectivity index (χ0n) is 30.0. The lowest BCUT2D eigenvalue weighted by molar-refractivity contribution is -0.143. The van der Waals surface area contributed by atoms with Gasteiger partial charge in [0.2, 0.25) is 5.88 Å². The Morgan fingerprint density at radius 1 is 0.982 bits per heavy atom. The summed E-state index contributed by atoms with van der Waals surface area (Å²) < 4.78 is 97.0. The van der Waals surface area contributed by atoms with Gasteiger partial charge in [-0.25, -0.2) is 19.7 Å². The molecule has 2 unspecified atom stereocenters. The number of rotatable bonds is 15. The van der Waals surface area contributed by atoms with E-state index in [2.05, 4.69) is 15.0 Å². The summed E-state index contributed by atoms with van der Waals surface area (Å²) in [5.74, 6) is -2.70. The van der Waals surface area contributed by atoms with Crippen LogP contribution in [0.1, 0.15) is 78.8 Å². The number of carboxylic acids is 2. The Hall–Kier alpha value is -5.75. The molecule has 15 nitrogen and oxygen atoms in total. The number of halogens is 6. The van der Waals surface area contributed by atoms with Crippen LogP contribution in [0.3, 0.4) is 0 Å². The summed E-state index contributed by atoms with van der Waals surface area (Å²) in [7, 11) is 1.38. The molecular formula is C35H38F6N6O9. The van der Waals surface area contributed by atoms with Crippen molar-refractivity contribution in [1.29, 1.82) is 5.26 Å².